The van der Waals surface area contributed by atoms with Gasteiger partial charge in [-0.25, -0.2) is 0 Å². The Balaban J connectivity index is 1.86. The van der Waals surface area contributed by atoms with Gasteiger partial charge in [-0.05, 0) is 30.3 Å². The van der Waals surface area contributed by atoms with Crippen LogP contribution in [0, 0.1) is 0 Å². The Labute approximate surface area is 131 Å². The quantitative estimate of drug-likeness (QED) is 0.746. The maximum absolute atomic E-state index is 12.2. The van der Waals surface area contributed by atoms with Gasteiger partial charge in [-0.1, -0.05) is 0 Å². The Morgan fingerprint density at radius 3 is 2.61 bits per heavy atom. The fourth-order valence-corrected chi connectivity index (χ4v) is 2.60. The summed E-state index contributed by atoms with van der Waals surface area (Å²) in [4.78, 5) is 12.2. The number of ether oxygens (including phenoxy) is 2. The van der Waals surface area contributed by atoms with Crippen molar-refractivity contribution in [1.29, 1.82) is 0 Å². The summed E-state index contributed by atoms with van der Waals surface area (Å²) in [6.07, 6.45) is 0.828. The highest BCUT2D eigenvalue weighted by Crippen LogP contribution is 2.34. The van der Waals surface area contributed by atoms with Gasteiger partial charge >= 0.3 is 0 Å². The maximum atomic E-state index is 12.2. The number of aromatic hydroxyl groups is 1. The number of rotatable bonds is 1. The van der Waals surface area contributed by atoms with E-state index in [0.29, 0.717) is 41.4 Å². The van der Waals surface area contributed by atoms with E-state index in [1.54, 1.807) is 12.1 Å². The van der Waals surface area contributed by atoms with Crippen LogP contribution in [-0.4, -0.2) is 18.3 Å². The molecule has 1 aliphatic heterocycles. The Morgan fingerprint density at radius 1 is 0.913 bits per heavy atom. The molecule has 3 aromatic rings. The summed E-state index contributed by atoms with van der Waals surface area (Å²) in [6, 6.07) is 11.3. The standard InChI is InChI=1S/C18H14O5/c19-12-3-4-13-14(20)10-16(23-17(13)9-12)11-2-5-15-18(8-11)22-7-1-6-21-15/h2-5,8-10,19H,1,6-7H2. The molecule has 0 saturated heterocycles. The molecule has 0 radical (unpaired) electrons. The largest absolute Gasteiger partial charge is 0.508 e. The van der Waals surface area contributed by atoms with Crippen molar-refractivity contribution in [2.45, 2.75) is 6.42 Å². The molecule has 1 N–H and O–H groups in total. The first-order chi connectivity index (χ1) is 11.2. The molecule has 4 rings (SSSR count). The van der Waals surface area contributed by atoms with Crippen molar-refractivity contribution in [1.82, 2.24) is 0 Å². The summed E-state index contributed by atoms with van der Waals surface area (Å²) >= 11 is 0. The lowest BCUT2D eigenvalue weighted by Crippen LogP contribution is -2.00. The average molecular weight is 310 g/mol. The van der Waals surface area contributed by atoms with E-state index in [1.807, 2.05) is 12.1 Å². The molecule has 23 heavy (non-hydrogen) atoms. The fraction of sp³-hybridized carbons (Fsp3) is 0.167. The Kier molecular flexibility index (Phi) is 3.19. The van der Waals surface area contributed by atoms with Gasteiger partial charge in [0.2, 0.25) is 0 Å². The number of phenols is 1. The first-order valence-corrected chi connectivity index (χ1v) is 7.37. The van der Waals surface area contributed by atoms with Crippen LogP contribution in [-0.2, 0) is 0 Å². The van der Waals surface area contributed by atoms with E-state index >= 15 is 0 Å². The minimum absolute atomic E-state index is 0.0523. The van der Waals surface area contributed by atoms with E-state index in [1.165, 1.54) is 18.2 Å². The van der Waals surface area contributed by atoms with Crippen LogP contribution in [0.3, 0.4) is 0 Å². The number of phenolic OH excluding ortho intramolecular Hbond substituents is 1. The van der Waals surface area contributed by atoms with Crippen LogP contribution in [0.15, 0.2) is 51.7 Å². The van der Waals surface area contributed by atoms with Gasteiger partial charge in [0.25, 0.3) is 0 Å². The summed E-state index contributed by atoms with van der Waals surface area (Å²) in [5.74, 6) is 1.80. The Hall–Kier alpha value is -2.95. The van der Waals surface area contributed by atoms with Crippen LogP contribution < -0.4 is 14.9 Å². The molecule has 1 aromatic heterocycles. The van der Waals surface area contributed by atoms with Crippen LogP contribution in [0.1, 0.15) is 6.42 Å². The average Bonchev–Trinajstić information content (AvgIpc) is 2.78. The van der Waals surface area contributed by atoms with Gasteiger partial charge in [0.1, 0.15) is 17.1 Å². The second kappa shape index (κ2) is 5.35. The summed E-state index contributed by atoms with van der Waals surface area (Å²) in [5, 5.41) is 10.0. The van der Waals surface area contributed by atoms with E-state index < -0.39 is 0 Å². The third-order valence-corrected chi connectivity index (χ3v) is 3.74. The van der Waals surface area contributed by atoms with Crippen LogP contribution in [0.5, 0.6) is 17.2 Å². The van der Waals surface area contributed by atoms with Crippen molar-refractivity contribution in [2.24, 2.45) is 0 Å². The molecule has 2 heterocycles. The minimum Gasteiger partial charge on any atom is -0.508 e. The smallest absolute Gasteiger partial charge is 0.193 e. The minimum atomic E-state index is -0.159. The Morgan fingerprint density at radius 2 is 1.74 bits per heavy atom. The van der Waals surface area contributed by atoms with Gasteiger partial charge in [0, 0.05) is 24.1 Å². The first-order valence-electron chi connectivity index (χ1n) is 7.37. The zero-order valence-electron chi connectivity index (χ0n) is 12.2. The van der Waals surface area contributed by atoms with Crippen molar-refractivity contribution < 1.29 is 19.0 Å². The van der Waals surface area contributed by atoms with Gasteiger partial charge in [-0.15, -0.1) is 0 Å². The van der Waals surface area contributed by atoms with E-state index in [4.69, 9.17) is 13.9 Å². The van der Waals surface area contributed by atoms with Crippen LogP contribution in [0.4, 0.5) is 0 Å². The molecule has 0 bridgehead atoms. The van der Waals surface area contributed by atoms with E-state index in [2.05, 4.69) is 0 Å². The predicted molar refractivity (Wildman–Crippen MR) is 85.2 cm³/mol. The molecule has 1 aliphatic rings. The number of fused-ring (bicyclic) bond motifs is 2. The van der Waals surface area contributed by atoms with Gasteiger partial charge < -0.3 is 19.0 Å². The first kappa shape index (κ1) is 13.7. The zero-order chi connectivity index (χ0) is 15.8. The third kappa shape index (κ3) is 2.50. The molecule has 5 heteroatoms. The highest BCUT2D eigenvalue weighted by Gasteiger charge is 2.14. The summed E-state index contributed by atoms with van der Waals surface area (Å²) in [7, 11) is 0. The van der Waals surface area contributed by atoms with Crippen LogP contribution in [0.2, 0.25) is 0 Å². The van der Waals surface area contributed by atoms with Gasteiger partial charge in [-0.3, -0.25) is 4.79 Å². The Bertz CT molecular complexity index is 942. The molecule has 0 aliphatic carbocycles. The van der Waals surface area contributed by atoms with Crippen molar-refractivity contribution in [2.75, 3.05) is 13.2 Å². The number of hydrogen-bond donors (Lipinski definition) is 1. The lowest BCUT2D eigenvalue weighted by molar-refractivity contribution is 0.297. The van der Waals surface area contributed by atoms with Crippen molar-refractivity contribution in [3.63, 3.8) is 0 Å². The molecule has 0 atom stereocenters. The molecule has 5 nitrogen and oxygen atoms in total. The van der Waals surface area contributed by atoms with Crippen molar-refractivity contribution in [3.05, 3.63) is 52.7 Å². The maximum Gasteiger partial charge on any atom is 0.193 e. The van der Waals surface area contributed by atoms with Gasteiger partial charge in [0.15, 0.2) is 16.9 Å². The zero-order valence-corrected chi connectivity index (χ0v) is 12.2. The van der Waals surface area contributed by atoms with Crippen molar-refractivity contribution in [3.8, 4) is 28.6 Å². The molecule has 0 fully saturated rings. The normalized spacial score (nSPS) is 13.7. The molecule has 0 unspecified atom stereocenters. The summed E-state index contributed by atoms with van der Waals surface area (Å²) < 4.78 is 17.0. The third-order valence-electron chi connectivity index (χ3n) is 3.74. The van der Waals surface area contributed by atoms with Crippen molar-refractivity contribution >= 4 is 11.0 Å². The lowest BCUT2D eigenvalue weighted by atomic mass is 10.1. The van der Waals surface area contributed by atoms with E-state index in [-0.39, 0.29) is 11.2 Å². The fourth-order valence-electron chi connectivity index (χ4n) is 2.60. The molecule has 116 valence electrons. The topological polar surface area (TPSA) is 68.9 Å². The van der Waals surface area contributed by atoms with Gasteiger partial charge in [-0.2, -0.15) is 0 Å². The molecular weight excluding hydrogens is 296 g/mol. The lowest BCUT2D eigenvalue weighted by Gasteiger charge is -2.09. The molecule has 0 saturated carbocycles. The number of hydrogen-bond acceptors (Lipinski definition) is 5. The summed E-state index contributed by atoms with van der Waals surface area (Å²) in [6.45, 7) is 1.21. The predicted octanol–water partition coefficient (Wildman–Crippen LogP) is 3.33. The van der Waals surface area contributed by atoms with Crippen LogP contribution >= 0.6 is 0 Å². The molecule has 0 amide bonds. The summed E-state index contributed by atoms with van der Waals surface area (Å²) in [5.41, 5.74) is 0.907. The SMILES string of the molecule is O=c1cc(-c2ccc3c(c2)OCCCO3)oc2cc(O)ccc12. The number of benzene rings is 2. The highest BCUT2D eigenvalue weighted by atomic mass is 16.5. The second-order valence-corrected chi connectivity index (χ2v) is 5.37. The highest BCUT2D eigenvalue weighted by molar-refractivity contribution is 5.80. The monoisotopic (exact) mass is 310 g/mol. The van der Waals surface area contributed by atoms with Gasteiger partial charge in [0.05, 0.1) is 18.6 Å². The molecule has 0 spiro atoms. The van der Waals surface area contributed by atoms with E-state index in [9.17, 15) is 9.90 Å². The molecular formula is C18H14O5. The van der Waals surface area contributed by atoms with Crippen LogP contribution in [0.25, 0.3) is 22.3 Å². The second-order valence-electron chi connectivity index (χ2n) is 5.37. The van der Waals surface area contributed by atoms with E-state index in [0.717, 1.165) is 12.0 Å². The molecule has 2 aromatic carbocycles.